The number of nitrogens with one attached hydrogen (secondary N) is 2. The van der Waals surface area contributed by atoms with Crippen LogP contribution in [-0.2, 0) is 4.79 Å². The van der Waals surface area contributed by atoms with E-state index < -0.39 is 4.92 Å². The lowest BCUT2D eigenvalue weighted by Crippen LogP contribution is -2.42. The molecular formula is C11H14N4O3. The zero-order valence-corrected chi connectivity index (χ0v) is 9.97. The highest BCUT2D eigenvalue weighted by Gasteiger charge is 2.23. The van der Waals surface area contributed by atoms with Gasteiger partial charge in [0.05, 0.1) is 4.92 Å². The second-order valence-corrected chi connectivity index (χ2v) is 4.27. The molecule has 7 heteroatoms. The average Bonchev–Trinajstić information content (AvgIpc) is 2.32. The van der Waals surface area contributed by atoms with Crippen LogP contribution in [0.4, 0.5) is 11.5 Å². The smallest absolute Gasteiger partial charge is 0.314 e. The van der Waals surface area contributed by atoms with Crippen molar-refractivity contribution in [3.8, 4) is 0 Å². The Kier molecular flexibility index (Phi) is 3.40. The van der Waals surface area contributed by atoms with E-state index in [-0.39, 0.29) is 23.5 Å². The van der Waals surface area contributed by atoms with Gasteiger partial charge in [0.1, 0.15) is 0 Å². The van der Waals surface area contributed by atoms with Crippen LogP contribution in [0.2, 0.25) is 0 Å². The molecule has 1 amide bonds. The number of carbonyl (C=O) groups is 1. The number of nitrogens with zero attached hydrogens (tertiary/aromatic N) is 2. The van der Waals surface area contributed by atoms with Gasteiger partial charge in [-0.2, -0.15) is 0 Å². The number of anilines is 1. The van der Waals surface area contributed by atoms with E-state index in [0.717, 1.165) is 0 Å². The maximum atomic E-state index is 11.0. The molecule has 2 heterocycles. The molecule has 1 fully saturated rings. The molecule has 18 heavy (non-hydrogen) atoms. The fourth-order valence-corrected chi connectivity index (χ4v) is 1.94. The topological polar surface area (TPSA) is 97.2 Å². The van der Waals surface area contributed by atoms with Crippen LogP contribution in [0.3, 0.4) is 0 Å². The third-order valence-electron chi connectivity index (χ3n) is 2.91. The van der Waals surface area contributed by atoms with Gasteiger partial charge in [0.15, 0.2) is 0 Å². The minimum atomic E-state index is -0.438. The number of pyridine rings is 1. The summed E-state index contributed by atoms with van der Waals surface area (Å²) >= 11 is 0. The van der Waals surface area contributed by atoms with Gasteiger partial charge in [0.25, 0.3) is 0 Å². The molecule has 2 rings (SSSR count). The highest BCUT2D eigenvalue weighted by atomic mass is 16.6. The number of amides is 1. The van der Waals surface area contributed by atoms with Gasteiger partial charge in [-0.15, -0.1) is 0 Å². The summed E-state index contributed by atoms with van der Waals surface area (Å²) in [6, 6.07) is 1.59. The van der Waals surface area contributed by atoms with Crippen molar-refractivity contribution in [1.29, 1.82) is 0 Å². The van der Waals surface area contributed by atoms with Crippen LogP contribution >= 0.6 is 0 Å². The highest BCUT2D eigenvalue weighted by molar-refractivity contribution is 5.77. The predicted octanol–water partition coefficient (Wildman–Crippen LogP) is 0.989. The van der Waals surface area contributed by atoms with E-state index in [1.54, 1.807) is 13.0 Å². The number of carbonyl (C=O) groups excluding carboxylic acids is 1. The maximum Gasteiger partial charge on any atom is 0.314 e. The lowest BCUT2D eigenvalue weighted by Gasteiger charge is -2.23. The van der Waals surface area contributed by atoms with Crippen molar-refractivity contribution < 1.29 is 9.72 Å². The predicted molar refractivity (Wildman–Crippen MR) is 65.3 cm³/mol. The summed E-state index contributed by atoms with van der Waals surface area (Å²) in [5, 5.41) is 16.7. The first-order chi connectivity index (χ1) is 8.58. The standard InChI is InChI=1S/C11H14N4O3/c1-7-4-5-12-11(10(7)15(17)18)14-8-2-3-9(16)13-6-8/h4-5,8H,2-3,6H2,1H3,(H,12,14)(H,13,16). The van der Waals surface area contributed by atoms with E-state index in [2.05, 4.69) is 15.6 Å². The summed E-state index contributed by atoms with van der Waals surface area (Å²) in [4.78, 5) is 25.6. The molecule has 2 N–H and O–H groups in total. The van der Waals surface area contributed by atoms with Crippen LogP contribution < -0.4 is 10.6 Å². The number of nitro groups is 1. The Bertz CT molecular complexity index is 479. The first-order valence-corrected chi connectivity index (χ1v) is 5.71. The Morgan fingerprint density at radius 1 is 1.61 bits per heavy atom. The van der Waals surface area contributed by atoms with E-state index in [4.69, 9.17) is 0 Å². The van der Waals surface area contributed by atoms with Crippen molar-refractivity contribution in [3.63, 3.8) is 0 Å². The molecule has 0 saturated carbocycles. The Morgan fingerprint density at radius 3 is 3.00 bits per heavy atom. The molecule has 0 aliphatic carbocycles. The van der Waals surface area contributed by atoms with Crippen LogP contribution in [0.1, 0.15) is 18.4 Å². The fraction of sp³-hybridized carbons (Fsp3) is 0.455. The minimum Gasteiger partial charge on any atom is -0.360 e. The van der Waals surface area contributed by atoms with Gasteiger partial charge in [-0.1, -0.05) is 0 Å². The zero-order valence-electron chi connectivity index (χ0n) is 9.97. The summed E-state index contributed by atoms with van der Waals surface area (Å²) in [6.07, 6.45) is 2.61. The van der Waals surface area contributed by atoms with E-state index >= 15 is 0 Å². The summed E-state index contributed by atoms with van der Waals surface area (Å²) in [5.41, 5.74) is 0.562. The van der Waals surface area contributed by atoms with E-state index in [0.29, 0.717) is 24.9 Å². The van der Waals surface area contributed by atoms with Crippen LogP contribution in [0, 0.1) is 17.0 Å². The highest BCUT2D eigenvalue weighted by Crippen LogP contribution is 2.26. The molecule has 0 aromatic carbocycles. The first kappa shape index (κ1) is 12.3. The molecule has 1 unspecified atom stereocenters. The second kappa shape index (κ2) is 4.99. The lowest BCUT2D eigenvalue weighted by atomic mass is 10.1. The number of hydrogen-bond acceptors (Lipinski definition) is 5. The van der Waals surface area contributed by atoms with Crippen molar-refractivity contribution in [1.82, 2.24) is 10.3 Å². The summed E-state index contributed by atoms with van der Waals surface area (Å²) in [7, 11) is 0. The average molecular weight is 250 g/mol. The van der Waals surface area contributed by atoms with Gasteiger partial charge in [-0.3, -0.25) is 14.9 Å². The van der Waals surface area contributed by atoms with Crippen LogP contribution in [-0.4, -0.2) is 28.4 Å². The van der Waals surface area contributed by atoms with Gasteiger partial charge in [0, 0.05) is 30.8 Å². The van der Waals surface area contributed by atoms with Gasteiger partial charge >= 0.3 is 5.69 Å². The summed E-state index contributed by atoms with van der Waals surface area (Å²) < 4.78 is 0. The normalized spacial score (nSPS) is 19.2. The van der Waals surface area contributed by atoms with Crippen molar-refractivity contribution in [3.05, 3.63) is 27.9 Å². The lowest BCUT2D eigenvalue weighted by molar-refractivity contribution is -0.384. The van der Waals surface area contributed by atoms with Crippen LogP contribution in [0.5, 0.6) is 0 Å². The zero-order chi connectivity index (χ0) is 13.1. The quantitative estimate of drug-likeness (QED) is 0.615. The van der Waals surface area contributed by atoms with Gasteiger partial charge in [-0.05, 0) is 19.4 Å². The van der Waals surface area contributed by atoms with Crippen molar-refractivity contribution in [2.75, 3.05) is 11.9 Å². The molecule has 1 atom stereocenters. The molecule has 1 aliphatic heterocycles. The van der Waals surface area contributed by atoms with E-state index in [9.17, 15) is 14.9 Å². The minimum absolute atomic E-state index is 0.00519. The SMILES string of the molecule is Cc1ccnc(NC2CCC(=O)NC2)c1[N+](=O)[O-]. The third kappa shape index (κ3) is 2.55. The molecule has 0 radical (unpaired) electrons. The van der Waals surface area contributed by atoms with Crippen molar-refractivity contribution in [2.24, 2.45) is 0 Å². The Hall–Kier alpha value is -2.18. The van der Waals surface area contributed by atoms with E-state index in [1.807, 2.05) is 0 Å². The number of aryl methyl sites for hydroxylation is 1. The van der Waals surface area contributed by atoms with Crippen LogP contribution in [0.15, 0.2) is 12.3 Å². The Morgan fingerprint density at radius 2 is 2.39 bits per heavy atom. The number of rotatable bonds is 3. The van der Waals surface area contributed by atoms with Gasteiger partial charge < -0.3 is 10.6 Å². The van der Waals surface area contributed by atoms with Crippen LogP contribution in [0.25, 0.3) is 0 Å². The van der Waals surface area contributed by atoms with Gasteiger partial charge in [0.2, 0.25) is 11.7 Å². The fourth-order valence-electron chi connectivity index (χ4n) is 1.94. The second-order valence-electron chi connectivity index (χ2n) is 4.27. The number of hydrogen-bond donors (Lipinski definition) is 2. The molecule has 0 bridgehead atoms. The maximum absolute atomic E-state index is 11.0. The molecule has 0 spiro atoms. The molecule has 1 saturated heterocycles. The Balaban J connectivity index is 2.16. The van der Waals surface area contributed by atoms with Crippen molar-refractivity contribution in [2.45, 2.75) is 25.8 Å². The third-order valence-corrected chi connectivity index (χ3v) is 2.91. The molecular weight excluding hydrogens is 236 g/mol. The monoisotopic (exact) mass is 250 g/mol. The molecule has 96 valence electrons. The summed E-state index contributed by atoms with van der Waals surface area (Å²) in [5.74, 6) is 0.279. The molecule has 1 aromatic heterocycles. The largest absolute Gasteiger partial charge is 0.360 e. The van der Waals surface area contributed by atoms with Crippen molar-refractivity contribution >= 4 is 17.4 Å². The Labute approximate surface area is 104 Å². The molecule has 1 aliphatic rings. The number of piperidine rings is 1. The van der Waals surface area contributed by atoms with Gasteiger partial charge in [-0.25, -0.2) is 4.98 Å². The number of aromatic nitrogens is 1. The molecule has 1 aromatic rings. The molecule has 7 nitrogen and oxygen atoms in total. The summed E-state index contributed by atoms with van der Waals surface area (Å²) in [6.45, 7) is 2.14. The van der Waals surface area contributed by atoms with E-state index in [1.165, 1.54) is 6.20 Å². The first-order valence-electron chi connectivity index (χ1n) is 5.71.